The fraction of sp³-hybridized carbons (Fsp3) is 0.600. The fourth-order valence-electron chi connectivity index (χ4n) is 1.79. The molecule has 0 radical (unpaired) electrons. The molecule has 1 rings (SSSR count). The lowest BCUT2D eigenvalue weighted by Gasteiger charge is -2.03. The van der Waals surface area contributed by atoms with Crippen LogP contribution in [0, 0.1) is 0 Å². The number of hydrogen-bond acceptors (Lipinski definition) is 2. The summed E-state index contributed by atoms with van der Waals surface area (Å²) in [4.78, 5) is 0. The van der Waals surface area contributed by atoms with Crippen molar-refractivity contribution in [3.63, 3.8) is 0 Å². The molecule has 0 aromatic heterocycles. The van der Waals surface area contributed by atoms with Gasteiger partial charge in [-0.2, -0.15) is 11.8 Å². The summed E-state index contributed by atoms with van der Waals surface area (Å²) in [6.07, 6.45) is 8.33. The minimum atomic E-state index is 0.856. The van der Waals surface area contributed by atoms with Crippen molar-refractivity contribution in [2.24, 2.45) is 0 Å². The first-order valence-electron chi connectivity index (χ1n) is 6.75. The van der Waals surface area contributed by atoms with Gasteiger partial charge < -0.3 is 5.73 Å². The van der Waals surface area contributed by atoms with E-state index in [1.807, 2.05) is 23.9 Å². The van der Waals surface area contributed by atoms with Crippen molar-refractivity contribution in [2.75, 3.05) is 11.5 Å². The normalized spacial score (nSPS) is 10.6. The third kappa shape index (κ3) is 7.32. The van der Waals surface area contributed by atoms with Gasteiger partial charge in [0.25, 0.3) is 0 Å². The number of benzene rings is 1. The average molecular weight is 251 g/mol. The zero-order chi connectivity index (χ0) is 12.3. The van der Waals surface area contributed by atoms with Gasteiger partial charge in [-0.3, -0.25) is 0 Å². The highest BCUT2D eigenvalue weighted by Gasteiger charge is 1.94. The molecule has 0 unspecified atom stereocenters. The highest BCUT2D eigenvalue weighted by Crippen LogP contribution is 2.16. The Morgan fingerprint density at radius 2 is 1.59 bits per heavy atom. The monoisotopic (exact) mass is 251 g/mol. The van der Waals surface area contributed by atoms with E-state index in [2.05, 4.69) is 19.1 Å². The Kier molecular flexibility index (Phi) is 7.98. The van der Waals surface area contributed by atoms with Crippen LogP contribution in [0.4, 0.5) is 5.69 Å². The van der Waals surface area contributed by atoms with Crippen LogP contribution in [0.25, 0.3) is 0 Å². The smallest absolute Gasteiger partial charge is 0.0314 e. The van der Waals surface area contributed by atoms with Crippen LogP contribution in [0.15, 0.2) is 24.3 Å². The second-order valence-electron chi connectivity index (χ2n) is 4.56. The molecule has 0 atom stereocenters. The van der Waals surface area contributed by atoms with Crippen molar-refractivity contribution in [3.8, 4) is 0 Å². The van der Waals surface area contributed by atoms with Gasteiger partial charge in [-0.15, -0.1) is 0 Å². The second-order valence-corrected chi connectivity index (χ2v) is 5.67. The predicted octanol–water partition coefficient (Wildman–Crippen LogP) is 4.86. The van der Waals surface area contributed by atoms with E-state index in [1.54, 1.807) is 0 Å². The van der Waals surface area contributed by atoms with Crippen LogP contribution in [-0.4, -0.2) is 5.75 Å². The largest absolute Gasteiger partial charge is 0.399 e. The lowest BCUT2D eigenvalue weighted by atomic mass is 10.1. The summed E-state index contributed by atoms with van der Waals surface area (Å²) < 4.78 is 0. The summed E-state index contributed by atoms with van der Waals surface area (Å²) in [6, 6.07) is 8.23. The van der Waals surface area contributed by atoms with Gasteiger partial charge in [0.15, 0.2) is 0 Å². The minimum Gasteiger partial charge on any atom is -0.399 e. The molecule has 0 heterocycles. The van der Waals surface area contributed by atoms with Crippen LogP contribution < -0.4 is 5.73 Å². The zero-order valence-corrected chi connectivity index (χ0v) is 11.8. The van der Waals surface area contributed by atoms with Crippen molar-refractivity contribution < 1.29 is 0 Å². The Hall–Kier alpha value is -0.630. The van der Waals surface area contributed by atoms with Crippen LogP contribution in [0.2, 0.25) is 0 Å². The van der Waals surface area contributed by atoms with Gasteiger partial charge in [-0.05, 0) is 29.9 Å². The third-order valence-electron chi connectivity index (χ3n) is 2.89. The van der Waals surface area contributed by atoms with Crippen LogP contribution in [-0.2, 0) is 5.75 Å². The lowest BCUT2D eigenvalue weighted by molar-refractivity contribution is 0.627. The summed E-state index contributed by atoms with van der Waals surface area (Å²) in [5.41, 5.74) is 7.89. The maximum Gasteiger partial charge on any atom is 0.0314 e. The highest BCUT2D eigenvalue weighted by atomic mass is 32.2. The Balaban J connectivity index is 1.95. The number of anilines is 1. The predicted molar refractivity (Wildman–Crippen MR) is 80.4 cm³/mol. The SMILES string of the molecule is CCCCCCCCSCc1ccc(N)cc1. The van der Waals surface area contributed by atoms with E-state index < -0.39 is 0 Å². The maximum atomic E-state index is 5.65. The first-order valence-corrected chi connectivity index (χ1v) is 7.90. The molecule has 0 fully saturated rings. The van der Waals surface area contributed by atoms with E-state index in [-0.39, 0.29) is 0 Å². The number of nitrogens with two attached hydrogens (primary N) is 1. The summed E-state index contributed by atoms with van der Waals surface area (Å²) in [7, 11) is 0. The molecule has 1 nitrogen and oxygen atoms in total. The molecule has 1 aromatic rings. The van der Waals surface area contributed by atoms with Gasteiger partial charge in [-0.1, -0.05) is 51.2 Å². The van der Waals surface area contributed by atoms with Crippen LogP contribution in [0.5, 0.6) is 0 Å². The minimum absolute atomic E-state index is 0.856. The van der Waals surface area contributed by atoms with Crippen molar-refractivity contribution in [1.29, 1.82) is 0 Å². The average Bonchev–Trinajstić information content (AvgIpc) is 2.35. The van der Waals surface area contributed by atoms with Gasteiger partial charge >= 0.3 is 0 Å². The topological polar surface area (TPSA) is 26.0 Å². The standard InChI is InChI=1S/C15H25NS/c1-2-3-4-5-6-7-12-17-13-14-8-10-15(16)11-9-14/h8-11H,2-7,12-13,16H2,1H3. The molecule has 0 aliphatic rings. The van der Waals surface area contributed by atoms with Crippen LogP contribution in [0.1, 0.15) is 51.0 Å². The first-order chi connectivity index (χ1) is 8.33. The number of unbranched alkanes of at least 4 members (excludes halogenated alkanes) is 5. The van der Waals surface area contributed by atoms with Gasteiger partial charge in [-0.25, -0.2) is 0 Å². The van der Waals surface area contributed by atoms with Crippen molar-refractivity contribution >= 4 is 17.4 Å². The molecule has 0 aliphatic heterocycles. The Bertz CT molecular complexity index is 281. The summed E-state index contributed by atoms with van der Waals surface area (Å²) in [6.45, 7) is 2.27. The Morgan fingerprint density at radius 1 is 0.941 bits per heavy atom. The van der Waals surface area contributed by atoms with Crippen LogP contribution in [0.3, 0.4) is 0 Å². The van der Waals surface area contributed by atoms with Crippen LogP contribution >= 0.6 is 11.8 Å². The molecule has 0 saturated carbocycles. The van der Waals surface area contributed by atoms with E-state index in [0.29, 0.717) is 0 Å². The highest BCUT2D eigenvalue weighted by molar-refractivity contribution is 7.98. The fourth-order valence-corrected chi connectivity index (χ4v) is 2.77. The molecule has 96 valence electrons. The van der Waals surface area contributed by atoms with Crippen molar-refractivity contribution in [1.82, 2.24) is 0 Å². The Labute approximate surface area is 110 Å². The summed E-state index contributed by atoms with van der Waals surface area (Å²) >= 11 is 2.04. The summed E-state index contributed by atoms with van der Waals surface area (Å²) in [5, 5.41) is 0. The van der Waals surface area contributed by atoms with Crippen molar-refractivity contribution in [2.45, 2.75) is 51.2 Å². The molecular weight excluding hydrogens is 226 g/mol. The maximum absolute atomic E-state index is 5.65. The lowest BCUT2D eigenvalue weighted by Crippen LogP contribution is -1.87. The van der Waals surface area contributed by atoms with E-state index in [4.69, 9.17) is 5.73 Å². The van der Waals surface area contributed by atoms with Gasteiger partial charge in [0, 0.05) is 11.4 Å². The van der Waals surface area contributed by atoms with Gasteiger partial charge in [0.2, 0.25) is 0 Å². The second kappa shape index (κ2) is 9.41. The molecule has 1 aromatic carbocycles. The molecule has 0 spiro atoms. The molecule has 2 N–H and O–H groups in total. The van der Waals surface area contributed by atoms with Gasteiger partial charge in [0.05, 0.1) is 0 Å². The molecule has 0 saturated heterocycles. The molecule has 0 aliphatic carbocycles. The van der Waals surface area contributed by atoms with Crippen molar-refractivity contribution in [3.05, 3.63) is 29.8 Å². The first kappa shape index (κ1) is 14.4. The Morgan fingerprint density at radius 3 is 2.29 bits per heavy atom. The quantitative estimate of drug-likeness (QED) is 0.501. The van der Waals surface area contributed by atoms with E-state index >= 15 is 0 Å². The number of nitrogen functional groups attached to an aromatic ring is 1. The molecular formula is C15H25NS. The number of thioether (sulfide) groups is 1. The van der Waals surface area contributed by atoms with E-state index in [9.17, 15) is 0 Å². The van der Waals surface area contributed by atoms with Gasteiger partial charge in [0.1, 0.15) is 0 Å². The zero-order valence-electron chi connectivity index (χ0n) is 11.0. The molecule has 17 heavy (non-hydrogen) atoms. The third-order valence-corrected chi connectivity index (χ3v) is 4.01. The molecule has 0 bridgehead atoms. The number of hydrogen-bond donors (Lipinski definition) is 1. The molecule has 0 amide bonds. The summed E-state index contributed by atoms with van der Waals surface area (Å²) in [5.74, 6) is 2.41. The molecule has 2 heteroatoms. The van der Waals surface area contributed by atoms with E-state index in [1.165, 1.54) is 49.8 Å². The van der Waals surface area contributed by atoms with E-state index in [0.717, 1.165) is 11.4 Å². The number of rotatable bonds is 9.